The van der Waals surface area contributed by atoms with E-state index in [1.165, 1.54) is 21.3 Å². The van der Waals surface area contributed by atoms with Crippen LogP contribution in [0.25, 0.3) is 0 Å². The molecule has 0 radical (unpaired) electrons. The van der Waals surface area contributed by atoms with Gasteiger partial charge in [-0.1, -0.05) is 30.3 Å². The summed E-state index contributed by atoms with van der Waals surface area (Å²) in [6, 6.07) is 20.5. The molecule has 0 aliphatic heterocycles. The van der Waals surface area contributed by atoms with Crippen LogP contribution in [-0.2, 0) is 11.4 Å². The smallest absolute Gasteiger partial charge is 0.277 e. The highest BCUT2D eigenvalue weighted by Gasteiger charge is 2.14. The first-order valence-corrected chi connectivity index (χ1v) is 10.6. The minimum Gasteiger partial charge on any atom is -0.493 e. The highest BCUT2D eigenvalue weighted by molar-refractivity contribution is 6.00. The number of hydrazone groups is 1. The summed E-state index contributed by atoms with van der Waals surface area (Å²) >= 11 is 0. The third kappa shape index (κ3) is 6.65. The van der Waals surface area contributed by atoms with Gasteiger partial charge in [-0.05, 0) is 48.9 Å². The van der Waals surface area contributed by atoms with Crippen LogP contribution in [0.15, 0.2) is 71.8 Å². The van der Waals surface area contributed by atoms with E-state index in [0.717, 1.165) is 5.56 Å². The molecule has 3 aromatic carbocycles. The summed E-state index contributed by atoms with van der Waals surface area (Å²) in [4.78, 5) is 12.2. The number of ether oxygens (including phenoxy) is 5. The Hall–Kier alpha value is -4.20. The van der Waals surface area contributed by atoms with Gasteiger partial charge in [0.2, 0.25) is 5.75 Å². The molecule has 8 nitrogen and oxygen atoms in total. The van der Waals surface area contributed by atoms with Gasteiger partial charge in [0.1, 0.15) is 18.1 Å². The maximum Gasteiger partial charge on any atom is 0.277 e. The number of rotatable bonds is 11. The van der Waals surface area contributed by atoms with Gasteiger partial charge >= 0.3 is 0 Å². The lowest BCUT2D eigenvalue weighted by Crippen LogP contribution is -2.25. The average molecular weight is 465 g/mol. The van der Waals surface area contributed by atoms with Crippen LogP contribution in [0.2, 0.25) is 0 Å². The summed E-state index contributed by atoms with van der Waals surface area (Å²) < 4.78 is 27.3. The fourth-order valence-electron chi connectivity index (χ4n) is 3.05. The van der Waals surface area contributed by atoms with E-state index in [4.69, 9.17) is 23.7 Å². The van der Waals surface area contributed by atoms with Crippen molar-refractivity contribution in [2.24, 2.45) is 5.10 Å². The zero-order valence-corrected chi connectivity index (χ0v) is 19.7. The van der Waals surface area contributed by atoms with Gasteiger partial charge in [0.05, 0.1) is 27.0 Å². The molecule has 0 spiro atoms. The zero-order valence-electron chi connectivity index (χ0n) is 19.7. The Labute approximate surface area is 199 Å². The van der Waals surface area contributed by atoms with Gasteiger partial charge < -0.3 is 23.7 Å². The molecular formula is C26H28N2O6. The molecule has 0 aliphatic carbocycles. The molecule has 3 rings (SSSR count). The Morgan fingerprint density at radius 1 is 0.824 bits per heavy atom. The van der Waals surface area contributed by atoms with Gasteiger partial charge in [-0.25, -0.2) is 5.43 Å². The molecule has 3 aromatic rings. The first-order valence-electron chi connectivity index (χ1n) is 10.6. The minimum absolute atomic E-state index is 0.184. The number of benzene rings is 3. The van der Waals surface area contributed by atoms with Crippen LogP contribution in [0.3, 0.4) is 0 Å². The molecule has 1 amide bonds. The number of hydrogen-bond donors (Lipinski definition) is 1. The Bertz CT molecular complexity index is 1090. The van der Waals surface area contributed by atoms with Crippen LogP contribution in [0, 0.1) is 0 Å². The van der Waals surface area contributed by atoms with Crippen molar-refractivity contribution < 1.29 is 28.5 Å². The predicted octanol–water partition coefficient (Wildman–Crippen LogP) is 4.21. The lowest BCUT2D eigenvalue weighted by Gasteiger charge is -2.14. The molecule has 34 heavy (non-hydrogen) atoms. The first kappa shape index (κ1) is 24.4. The van der Waals surface area contributed by atoms with E-state index in [1.807, 2.05) is 30.3 Å². The summed E-state index contributed by atoms with van der Waals surface area (Å²) in [5.41, 5.74) is 4.85. The van der Waals surface area contributed by atoms with E-state index < -0.39 is 5.91 Å². The number of nitrogens with one attached hydrogen (secondary N) is 1. The fraction of sp³-hybridized carbons (Fsp3) is 0.231. The van der Waals surface area contributed by atoms with Crippen molar-refractivity contribution in [3.8, 4) is 28.7 Å². The van der Waals surface area contributed by atoms with Gasteiger partial charge in [-0.15, -0.1) is 0 Å². The largest absolute Gasteiger partial charge is 0.493 e. The number of methoxy groups -OCH3 is 3. The monoisotopic (exact) mass is 464 g/mol. The van der Waals surface area contributed by atoms with Gasteiger partial charge in [0.25, 0.3) is 5.91 Å². The highest BCUT2D eigenvalue weighted by atomic mass is 16.5. The third-order valence-electron chi connectivity index (χ3n) is 4.87. The van der Waals surface area contributed by atoms with Gasteiger partial charge in [-0.2, -0.15) is 5.10 Å². The maximum atomic E-state index is 12.2. The van der Waals surface area contributed by atoms with Crippen molar-refractivity contribution in [2.75, 3.05) is 27.9 Å². The van der Waals surface area contributed by atoms with E-state index in [1.54, 1.807) is 43.3 Å². The van der Waals surface area contributed by atoms with E-state index in [9.17, 15) is 4.79 Å². The lowest BCUT2D eigenvalue weighted by molar-refractivity contribution is -0.123. The second-order valence-corrected chi connectivity index (χ2v) is 7.18. The summed E-state index contributed by atoms with van der Waals surface area (Å²) in [5, 5.41) is 4.15. The second kappa shape index (κ2) is 12.2. The van der Waals surface area contributed by atoms with Crippen molar-refractivity contribution in [3.63, 3.8) is 0 Å². The van der Waals surface area contributed by atoms with E-state index in [-0.39, 0.29) is 6.61 Å². The quantitative estimate of drug-likeness (QED) is 0.338. The average Bonchev–Trinajstić information content (AvgIpc) is 2.89. The fourth-order valence-corrected chi connectivity index (χ4v) is 3.05. The maximum absolute atomic E-state index is 12.2. The second-order valence-electron chi connectivity index (χ2n) is 7.18. The summed E-state index contributed by atoms with van der Waals surface area (Å²) in [5.74, 6) is 2.35. The lowest BCUT2D eigenvalue weighted by atomic mass is 10.1. The number of carbonyl (C=O) groups excluding carboxylic acids is 1. The number of hydrogen-bond acceptors (Lipinski definition) is 7. The van der Waals surface area contributed by atoms with E-state index >= 15 is 0 Å². The molecule has 0 aromatic heterocycles. The molecular weight excluding hydrogens is 436 g/mol. The Kier molecular flexibility index (Phi) is 8.73. The number of amides is 1. The van der Waals surface area contributed by atoms with Gasteiger partial charge in [0, 0.05) is 5.56 Å². The molecule has 8 heteroatoms. The summed E-state index contributed by atoms with van der Waals surface area (Å²) in [6.45, 7) is 2.05. The van der Waals surface area contributed by atoms with Gasteiger partial charge in [-0.3, -0.25) is 4.79 Å². The minimum atomic E-state index is -0.392. The molecule has 0 unspecified atom stereocenters. The Morgan fingerprint density at radius 2 is 1.41 bits per heavy atom. The predicted molar refractivity (Wildman–Crippen MR) is 129 cm³/mol. The third-order valence-corrected chi connectivity index (χ3v) is 4.87. The number of carbonyl (C=O) groups is 1. The van der Waals surface area contributed by atoms with Gasteiger partial charge in [0.15, 0.2) is 18.1 Å². The molecule has 0 atom stereocenters. The van der Waals surface area contributed by atoms with Crippen LogP contribution in [0.1, 0.15) is 18.1 Å². The van der Waals surface area contributed by atoms with E-state index in [2.05, 4.69) is 10.5 Å². The molecule has 1 N–H and O–H groups in total. The SMILES string of the molecule is COc1cc(/C(C)=N/NC(=O)COc2ccc(OCc3ccccc3)cc2)cc(OC)c1OC. The molecule has 0 fully saturated rings. The molecule has 0 saturated heterocycles. The summed E-state index contributed by atoms with van der Waals surface area (Å²) in [7, 11) is 4.61. The Morgan fingerprint density at radius 3 is 1.97 bits per heavy atom. The van der Waals surface area contributed by atoms with Crippen LogP contribution in [0.5, 0.6) is 28.7 Å². The molecule has 0 heterocycles. The van der Waals surface area contributed by atoms with Crippen molar-refractivity contribution in [2.45, 2.75) is 13.5 Å². The normalized spacial score (nSPS) is 10.9. The standard InChI is InChI=1S/C26H28N2O6/c1-18(20-14-23(30-2)26(32-4)24(15-20)31-3)27-28-25(29)17-34-22-12-10-21(11-13-22)33-16-19-8-6-5-7-9-19/h5-15H,16-17H2,1-4H3,(H,28,29)/b27-18+. The van der Waals surface area contributed by atoms with Crippen molar-refractivity contribution in [1.29, 1.82) is 0 Å². The van der Waals surface area contributed by atoms with Crippen LogP contribution >= 0.6 is 0 Å². The first-order chi connectivity index (χ1) is 16.5. The van der Waals surface area contributed by atoms with Crippen LogP contribution in [0.4, 0.5) is 0 Å². The van der Waals surface area contributed by atoms with Crippen molar-refractivity contribution in [3.05, 3.63) is 77.9 Å². The van der Waals surface area contributed by atoms with Crippen molar-refractivity contribution in [1.82, 2.24) is 5.43 Å². The molecule has 0 bridgehead atoms. The Balaban J connectivity index is 1.52. The molecule has 178 valence electrons. The topological polar surface area (TPSA) is 87.6 Å². The van der Waals surface area contributed by atoms with Crippen LogP contribution in [-0.4, -0.2) is 39.6 Å². The van der Waals surface area contributed by atoms with Crippen LogP contribution < -0.4 is 29.1 Å². The highest BCUT2D eigenvalue weighted by Crippen LogP contribution is 2.38. The zero-order chi connectivity index (χ0) is 24.3. The number of nitrogens with zero attached hydrogens (tertiary/aromatic N) is 1. The van der Waals surface area contributed by atoms with E-state index in [0.29, 0.717) is 46.6 Å². The summed E-state index contributed by atoms with van der Waals surface area (Å²) in [6.07, 6.45) is 0. The molecule has 0 aliphatic rings. The molecule has 0 saturated carbocycles. The van der Waals surface area contributed by atoms with Crippen molar-refractivity contribution >= 4 is 11.6 Å².